The van der Waals surface area contributed by atoms with Gasteiger partial charge in [0.05, 0.1) is 12.2 Å². The Kier molecular flexibility index (Phi) is 4.57. The molecule has 0 saturated carbocycles. The van der Waals surface area contributed by atoms with E-state index in [1.807, 2.05) is 33.2 Å². The van der Waals surface area contributed by atoms with Crippen LogP contribution >= 0.6 is 0 Å². The molecule has 0 radical (unpaired) electrons. The molecule has 0 aliphatic carbocycles. The summed E-state index contributed by atoms with van der Waals surface area (Å²) in [5.74, 6) is -0.0819. The fraction of sp³-hybridized carbons (Fsp3) is 0.400. The fourth-order valence-corrected chi connectivity index (χ4v) is 2.18. The van der Waals surface area contributed by atoms with E-state index < -0.39 is 0 Å². The molecule has 2 rings (SSSR count). The van der Waals surface area contributed by atoms with Crippen molar-refractivity contribution in [2.24, 2.45) is 7.05 Å². The van der Waals surface area contributed by atoms with Crippen LogP contribution in [0.2, 0.25) is 0 Å². The lowest BCUT2D eigenvalue weighted by atomic mass is 10.2. The average molecular weight is 288 g/mol. The second-order valence-electron chi connectivity index (χ2n) is 5.14. The Balaban J connectivity index is 1.92. The Morgan fingerprint density at radius 2 is 2.19 bits per heavy atom. The number of hydrogen-bond acceptors (Lipinski definition) is 3. The number of carbonyl (C=O) groups excluding carboxylic acids is 1. The summed E-state index contributed by atoms with van der Waals surface area (Å²) < 4.78 is 3.30. The first-order chi connectivity index (χ1) is 9.97. The molecule has 0 fully saturated rings. The normalized spacial score (nSPS) is 12.1. The first kappa shape index (κ1) is 15.0. The maximum absolute atomic E-state index is 12.0. The molecule has 2 aromatic heterocycles. The number of hydrogen-bond donors (Lipinski definition) is 1. The standard InChI is InChI=1S/C15H20N4O2/c1-11-5-4-6-15(21)19(11)8-7-14(20)17-12(2)13-9-16-18(3)10-13/h4-6,9-10,12H,7-8H2,1-3H3,(H,17,20)/t12-/m1/s1. The lowest BCUT2D eigenvalue weighted by Gasteiger charge is -2.13. The van der Waals surface area contributed by atoms with E-state index in [2.05, 4.69) is 10.4 Å². The highest BCUT2D eigenvalue weighted by Crippen LogP contribution is 2.10. The van der Waals surface area contributed by atoms with E-state index >= 15 is 0 Å². The van der Waals surface area contributed by atoms with Crippen molar-refractivity contribution in [2.45, 2.75) is 32.9 Å². The van der Waals surface area contributed by atoms with Gasteiger partial charge in [0.2, 0.25) is 5.91 Å². The molecule has 1 atom stereocenters. The molecular formula is C15H20N4O2. The van der Waals surface area contributed by atoms with Crippen LogP contribution in [0.15, 0.2) is 35.4 Å². The lowest BCUT2D eigenvalue weighted by molar-refractivity contribution is -0.121. The molecule has 6 heteroatoms. The van der Waals surface area contributed by atoms with E-state index in [0.29, 0.717) is 6.54 Å². The Hall–Kier alpha value is -2.37. The number of nitrogens with zero attached hydrogens (tertiary/aromatic N) is 3. The fourth-order valence-electron chi connectivity index (χ4n) is 2.18. The molecule has 0 aliphatic heterocycles. The van der Waals surface area contributed by atoms with Gasteiger partial charge < -0.3 is 9.88 Å². The van der Waals surface area contributed by atoms with Gasteiger partial charge in [-0.25, -0.2) is 0 Å². The molecule has 112 valence electrons. The highest BCUT2D eigenvalue weighted by Gasteiger charge is 2.11. The molecule has 0 saturated heterocycles. The van der Waals surface area contributed by atoms with Crippen LogP contribution in [-0.2, 0) is 18.4 Å². The first-order valence-corrected chi connectivity index (χ1v) is 6.91. The monoisotopic (exact) mass is 288 g/mol. The third kappa shape index (κ3) is 3.81. The van der Waals surface area contributed by atoms with E-state index in [1.54, 1.807) is 21.5 Å². The second kappa shape index (κ2) is 6.39. The SMILES string of the molecule is Cc1cccc(=O)n1CCC(=O)N[C@H](C)c1cnn(C)c1. The van der Waals surface area contributed by atoms with Crippen LogP contribution in [0.4, 0.5) is 0 Å². The molecule has 21 heavy (non-hydrogen) atoms. The quantitative estimate of drug-likeness (QED) is 0.897. The maximum atomic E-state index is 12.0. The third-order valence-electron chi connectivity index (χ3n) is 3.43. The summed E-state index contributed by atoms with van der Waals surface area (Å²) in [6.07, 6.45) is 3.88. The van der Waals surface area contributed by atoms with Crippen LogP contribution in [0, 0.1) is 6.92 Å². The molecule has 2 heterocycles. The van der Waals surface area contributed by atoms with Crippen molar-refractivity contribution < 1.29 is 4.79 Å². The Labute approximate surface area is 123 Å². The van der Waals surface area contributed by atoms with Gasteiger partial charge in [0, 0.05) is 43.5 Å². The summed E-state index contributed by atoms with van der Waals surface area (Å²) >= 11 is 0. The van der Waals surface area contributed by atoms with Crippen LogP contribution in [0.5, 0.6) is 0 Å². The maximum Gasteiger partial charge on any atom is 0.250 e. The third-order valence-corrected chi connectivity index (χ3v) is 3.43. The van der Waals surface area contributed by atoms with Crippen molar-refractivity contribution in [2.75, 3.05) is 0 Å². The molecule has 0 bridgehead atoms. The summed E-state index contributed by atoms with van der Waals surface area (Å²) in [6, 6.07) is 4.99. The minimum atomic E-state index is -0.0974. The molecule has 0 spiro atoms. The number of nitrogens with one attached hydrogen (secondary N) is 1. The van der Waals surface area contributed by atoms with Gasteiger partial charge in [-0.3, -0.25) is 14.3 Å². The van der Waals surface area contributed by atoms with Crippen molar-refractivity contribution in [3.63, 3.8) is 0 Å². The predicted molar refractivity (Wildman–Crippen MR) is 79.8 cm³/mol. The molecule has 0 aromatic carbocycles. The number of pyridine rings is 1. The van der Waals surface area contributed by atoms with Gasteiger partial charge in [-0.2, -0.15) is 5.10 Å². The Bertz CT molecular complexity index is 687. The average Bonchev–Trinajstić information content (AvgIpc) is 2.85. The highest BCUT2D eigenvalue weighted by molar-refractivity contribution is 5.76. The molecule has 1 amide bonds. The van der Waals surface area contributed by atoms with Gasteiger partial charge in [-0.1, -0.05) is 6.07 Å². The summed E-state index contributed by atoms with van der Waals surface area (Å²) in [6.45, 7) is 4.16. The van der Waals surface area contributed by atoms with Gasteiger partial charge in [0.1, 0.15) is 0 Å². The molecular weight excluding hydrogens is 268 g/mol. The van der Waals surface area contributed by atoms with Crippen molar-refractivity contribution in [3.05, 3.63) is 52.2 Å². The molecule has 0 aliphatic rings. The van der Waals surface area contributed by atoms with Gasteiger partial charge in [-0.05, 0) is 19.9 Å². The molecule has 6 nitrogen and oxygen atoms in total. The molecule has 0 unspecified atom stereocenters. The number of rotatable bonds is 5. The van der Waals surface area contributed by atoms with Gasteiger partial charge in [0.25, 0.3) is 5.56 Å². The Morgan fingerprint density at radius 1 is 1.43 bits per heavy atom. The zero-order valence-corrected chi connectivity index (χ0v) is 12.5. The minimum Gasteiger partial charge on any atom is -0.349 e. The van der Waals surface area contributed by atoms with Gasteiger partial charge >= 0.3 is 0 Å². The summed E-state index contributed by atoms with van der Waals surface area (Å²) in [5.41, 5.74) is 1.73. The first-order valence-electron chi connectivity index (χ1n) is 6.91. The summed E-state index contributed by atoms with van der Waals surface area (Å²) in [5, 5.41) is 6.99. The minimum absolute atomic E-state index is 0.0805. The van der Waals surface area contributed by atoms with Crippen molar-refractivity contribution in [1.82, 2.24) is 19.7 Å². The molecule has 2 aromatic rings. The largest absolute Gasteiger partial charge is 0.349 e. The van der Waals surface area contributed by atoms with Crippen LogP contribution in [0.25, 0.3) is 0 Å². The zero-order valence-electron chi connectivity index (χ0n) is 12.5. The number of aromatic nitrogens is 3. The van der Waals surface area contributed by atoms with Crippen molar-refractivity contribution in [3.8, 4) is 0 Å². The van der Waals surface area contributed by atoms with E-state index in [-0.39, 0.29) is 23.9 Å². The summed E-state index contributed by atoms with van der Waals surface area (Å²) in [7, 11) is 1.84. The van der Waals surface area contributed by atoms with Gasteiger partial charge in [-0.15, -0.1) is 0 Å². The Morgan fingerprint density at radius 3 is 2.81 bits per heavy atom. The van der Waals surface area contributed by atoms with E-state index in [9.17, 15) is 9.59 Å². The van der Waals surface area contributed by atoms with E-state index in [4.69, 9.17) is 0 Å². The van der Waals surface area contributed by atoms with E-state index in [1.165, 1.54) is 6.07 Å². The van der Waals surface area contributed by atoms with Crippen LogP contribution < -0.4 is 10.9 Å². The predicted octanol–water partition coefficient (Wildman–Crippen LogP) is 1.16. The highest BCUT2D eigenvalue weighted by atomic mass is 16.2. The van der Waals surface area contributed by atoms with Crippen LogP contribution in [-0.4, -0.2) is 20.3 Å². The van der Waals surface area contributed by atoms with Crippen molar-refractivity contribution in [1.29, 1.82) is 0 Å². The molecule has 1 N–H and O–H groups in total. The smallest absolute Gasteiger partial charge is 0.250 e. The summed E-state index contributed by atoms with van der Waals surface area (Å²) in [4.78, 5) is 23.7. The van der Waals surface area contributed by atoms with Crippen molar-refractivity contribution >= 4 is 5.91 Å². The number of aryl methyl sites for hydroxylation is 2. The van der Waals surface area contributed by atoms with Gasteiger partial charge in [0.15, 0.2) is 0 Å². The van der Waals surface area contributed by atoms with Crippen LogP contribution in [0.1, 0.15) is 30.6 Å². The number of carbonyl (C=O) groups is 1. The van der Waals surface area contributed by atoms with Crippen LogP contribution in [0.3, 0.4) is 0 Å². The number of amides is 1. The topological polar surface area (TPSA) is 68.9 Å². The lowest BCUT2D eigenvalue weighted by Crippen LogP contribution is -2.29. The van der Waals surface area contributed by atoms with E-state index in [0.717, 1.165) is 11.3 Å². The zero-order chi connectivity index (χ0) is 15.4. The second-order valence-corrected chi connectivity index (χ2v) is 5.14.